The molecule has 2 N–H and O–H groups in total. The standard InChI is InChI=1S/C24H25N5O4S/c1-28-11-9-25-22(28)21(15-12-16(32-2)14-17(13-15)33-3)27-20(30)8-10-29-23(31)18-6-4-5-7-19(18)26-24(29)34/h4-7,9,11-14,21H,8,10H2,1-3H3,(H,26,34)(H,27,30). The second-order valence-corrected chi connectivity index (χ2v) is 8.11. The van der Waals surface area contributed by atoms with Crippen LogP contribution < -0.4 is 20.3 Å². The highest BCUT2D eigenvalue weighted by molar-refractivity contribution is 7.71. The van der Waals surface area contributed by atoms with Gasteiger partial charge in [0.1, 0.15) is 23.4 Å². The first-order valence-electron chi connectivity index (χ1n) is 10.6. The van der Waals surface area contributed by atoms with Crippen LogP contribution in [0.3, 0.4) is 0 Å². The summed E-state index contributed by atoms with van der Waals surface area (Å²) in [6.07, 6.45) is 3.53. The molecular formula is C24H25N5O4S. The van der Waals surface area contributed by atoms with E-state index in [-0.39, 0.29) is 29.2 Å². The lowest BCUT2D eigenvalue weighted by Crippen LogP contribution is -2.33. The van der Waals surface area contributed by atoms with Crippen LogP contribution in [-0.2, 0) is 18.4 Å². The highest BCUT2D eigenvalue weighted by atomic mass is 32.1. The fraction of sp³-hybridized carbons (Fsp3) is 0.250. The van der Waals surface area contributed by atoms with Crippen LogP contribution in [0, 0.1) is 4.77 Å². The predicted molar refractivity (Wildman–Crippen MR) is 131 cm³/mol. The van der Waals surface area contributed by atoms with Crippen molar-refractivity contribution in [1.29, 1.82) is 0 Å². The number of hydrogen-bond acceptors (Lipinski definition) is 6. The van der Waals surface area contributed by atoms with Gasteiger partial charge in [-0.2, -0.15) is 0 Å². The van der Waals surface area contributed by atoms with Crippen molar-refractivity contribution >= 4 is 29.0 Å². The summed E-state index contributed by atoms with van der Waals surface area (Å²) in [5.74, 6) is 1.57. The summed E-state index contributed by atoms with van der Waals surface area (Å²) in [4.78, 5) is 33.4. The molecule has 0 aliphatic rings. The fourth-order valence-electron chi connectivity index (χ4n) is 3.80. The maximum absolute atomic E-state index is 13.0. The van der Waals surface area contributed by atoms with Gasteiger partial charge in [-0.25, -0.2) is 4.98 Å². The minimum absolute atomic E-state index is 0.0533. The van der Waals surface area contributed by atoms with Crippen molar-refractivity contribution in [2.45, 2.75) is 19.0 Å². The maximum atomic E-state index is 13.0. The second-order valence-electron chi connectivity index (χ2n) is 7.73. The molecule has 2 aromatic heterocycles. The molecule has 4 rings (SSSR count). The summed E-state index contributed by atoms with van der Waals surface area (Å²) in [5, 5.41) is 3.55. The van der Waals surface area contributed by atoms with Gasteiger partial charge in [0.2, 0.25) is 5.91 Å². The Labute approximate surface area is 201 Å². The van der Waals surface area contributed by atoms with E-state index in [4.69, 9.17) is 21.7 Å². The van der Waals surface area contributed by atoms with Crippen molar-refractivity contribution in [1.82, 2.24) is 24.4 Å². The molecule has 0 fully saturated rings. The molecule has 176 valence electrons. The number of para-hydroxylation sites is 1. The first-order valence-corrected chi connectivity index (χ1v) is 11.0. The summed E-state index contributed by atoms with van der Waals surface area (Å²) >= 11 is 5.36. The van der Waals surface area contributed by atoms with Gasteiger partial charge in [0.05, 0.1) is 25.1 Å². The second kappa shape index (κ2) is 9.92. The number of nitrogens with zero attached hydrogens (tertiary/aromatic N) is 3. The molecule has 0 saturated carbocycles. The van der Waals surface area contributed by atoms with Crippen molar-refractivity contribution < 1.29 is 14.3 Å². The van der Waals surface area contributed by atoms with Gasteiger partial charge in [-0.05, 0) is 42.0 Å². The molecule has 0 bridgehead atoms. The number of aryl methyl sites for hydroxylation is 1. The minimum Gasteiger partial charge on any atom is -0.497 e. The highest BCUT2D eigenvalue weighted by Crippen LogP contribution is 2.29. The first-order chi connectivity index (χ1) is 16.4. The van der Waals surface area contributed by atoms with E-state index in [1.165, 1.54) is 4.57 Å². The Bertz CT molecular complexity index is 1430. The summed E-state index contributed by atoms with van der Waals surface area (Å²) in [7, 11) is 4.99. The Balaban J connectivity index is 1.61. The van der Waals surface area contributed by atoms with Gasteiger partial charge < -0.3 is 24.3 Å². The van der Waals surface area contributed by atoms with Crippen LogP contribution in [0.2, 0.25) is 0 Å². The van der Waals surface area contributed by atoms with E-state index in [1.807, 2.05) is 29.8 Å². The van der Waals surface area contributed by atoms with E-state index in [1.54, 1.807) is 50.9 Å². The fourth-order valence-corrected chi connectivity index (χ4v) is 4.08. The number of carbonyl (C=O) groups is 1. The number of hydrogen-bond donors (Lipinski definition) is 2. The summed E-state index contributed by atoms with van der Waals surface area (Å²) in [6.45, 7) is 0.138. The topological polar surface area (TPSA) is 103 Å². The third kappa shape index (κ3) is 4.72. The molecule has 1 unspecified atom stereocenters. The van der Waals surface area contributed by atoms with Crippen LogP contribution in [0.5, 0.6) is 11.5 Å². The SMILES string of the molecule is COc1cc(OC)cc(C(NC(=O)CCn2c(=S)[nH]c3ccccc3c2=O)c2nccn2C)c1. The molecule has 4 aromatic rings. The average molecular weight is 480 g/mol. The first kappa shape index (κ1) is 23.2. The molecule has 0 aliphatic heterocycles. The molecule has 10 heteroatoms. The van der Waals surface area contributed by atoms with E-state index in [0.29, 0.717) is 28.2 Å². The lowest BCUT2D eigenvalue weighted by molar-refractivity contribution is -0.121. The van der Waals surface area contributed by atoms with Crippen LogP contribution in [0.4, 0.5) is 0 Å². The van der Waals surface area contributed by atoms with E-state index < -0.39 is 6.04 Å². The van der Waals surface area contributed by atoms with E-state index in [2.05, 4.69) is 15.3 Å². The molecule has 2 aromatic carbocycles. The molecule has 2 heterocycles. The number of H-pyrrole nitrogens is 1. The molecule has 0 aliphatic carbocycles. The average Bonchev–Trinajstić information content (AvgIpc) is 3.27. The normalized spacial score (nSPS) is 11.9. The molecule has 34 heavy (non-hydrogen) atoms. The molecule has 0 spiro atoms. The Kier molecular flexibility index (Phi) is 6.78. The van der Waals surface area contributed by atoms with Crippen LogP contribution in [-0.4, -0.2) is 39.2 Å². The van der Waals surface area contributed by atoms with Gasteiger partial charge in [0.15, 0.2) is 4.77 Å². The number of aromatic amines is 1. The number of fused-ring (bicyclic) bond motifs is 1. The Morgan fingerprint density at radius 3 is 2.53 bits per heavy atom. The van der Waals surface area contributed by atoms with Gasteiger partial charge >= 0.3 is 0 Å². The number of nitrogens with one attached hydrogen (secondary N) is 2. The van der Waals surface area contributed by atoms with Gasteiger partial charge in [-0.1, -0.05) is 12.1 Å². The Morgan fingerprint density at radius 1 is 1.18 bits per heavy atom. The van der Waals surface area contributed by atoms with Crippen LogP contribution in [0.15, 0.2) is 59.7 Å². The van der Waals surface area contributed by atoms with Crippen molar-refractivity contribution in [3.05, 3.63) is 81.4 Å². The van der Waals surface area contributed by atoms with Gasteiger partial charge in [0, 0.05) is 38.5 Å². The van der Waals surface area contributed by atoms with Crippen molar-refractivity contribution in [2.24, 2.45) is 7.05 Å². The van der Waals surface area contributed by atoms with Crippen LogP contribution in [0.1, 0.15) is 23.9 Å². The van der Waals surface area contributed by atoms with Crippen molar-refractivity contribution in [3.63, 3.8) is 0 Å². The molecule has 0 saturated heterocycles. The third-order valence-corrected chi connectivity index (χ3v) is 5.90. The third-order valence-electron chi connectivity index (χ3n) is 5.58. The predicted octanol–water partition coefficient (Wildman–Crippen LogP) is 3.11. The lowest BCUT2D eigenvalue weighted by atomic mass is 10.0. The summed E-state index contributed by atoms with van der Waals surface area (Å²) in [6, 6.07) is 12.0. The van der Waals surface area contributed by atoms with E-state index >= 15 is 0 Å². The molecule has 9 nitrogen and oxygen atoms in total. The number of ether oxygens (including phenoxy) is 2. The zero-order valence-corrected chi connectivity index (χ0v) is 19.9. The maximum Gasteiger partial charge on any atom is 0.262 e. The zero-order chi connectivity index (χ0) is 24.2. The Morgan fingerprint density at radius 2 is 1.88 bits per heavy atom. The number of aromatic nitrogens is 4. The lowest BCUT2D eigenvalue weighted by Gasteiger charge is -2.21. The molecule has 1 atom stereocenters. The Hall–Kier alpha value is -3.92. The van der Waals surface area contributed by atoms with Crippen LogP contribution in [0.25, 0.3) is 10.9 Å². The number of rotatable bonds is 8. The van der Waals surface area contributed by atoms with Crippen LogP contribution >= 0.6 is 12.2 Å². The quantitative estimate of drug-likeness (QED) is 0.377. The molecule has 0 radical (unpaired) electrons. The summed E-state index contributed by atoms with van der Waals surface area (Å²) < 4.78 is 14.3. The van der Waals surface area contributed by atoms with Crippen molar-refractivity contribution in [2.75, 3.05) is 14.2 Å². The number of methoxy groups -OCH3 is 2. The van der Waals surface area contributed by atoms with E-state index in [0.717, 1.165) is 5.56 Å². The van der Waals surface area contributed by atoms with Gasteiger partial charge in [-0.15, -0.1) is 0 Å². The molecular weight excluding hydrogens is 454 g/mol. The number of amides is 1. The largest absolute Gasteiger partial charge is 0.497 e. The van der Waals surface area contributed by atoms with Gasteiger partial charge in [0.25, 0.3) is 5.56 Å². The highest BCUT2D eigenvalue weighted by Gasteiger charge is 2.22. The molecule has 1 amide bonds. The number of benzene rings is 2. The smallest absolute Gasteiger partial charge is 0.262 e. The van der Waals surface area contributed by atoms with Crippen molar-refractivity contribution in [3.8, 4) is 11.5 Å². The number of carbonyl (C=O) groups excluding carboxylic acids is 1. The monoisotopic (exact) mass is 479 g/mol. The minimum atomic E-state index is -0.556. The van der Waals surface area contributed by atoms with E-state index in [9.17, 15) is 9.59 Å². The van der Waals surface area contributed by atoms with Gasteiger partial charge in [-0.3, -0.25) is 14.2 Å². The number of imidazole rings is 1. The zero-order valence-electron chi connectivity index (χ0n) is 19.1. The summed E-state index contributed by atoms with van der Waals surface area (Å²) in [5.41, 5.74) is 1.18.